The molecule has 0 radical (unpaired) electrons. The van der Waals surface area contributed by atoms with E-state index in [0.717, 1.165) is 24.2 Å². The zero-order chi connectivity index (χ0) is 23.5. The van der Waals surface area contributed by atoms with Gasteiger partial charge in [0.1, 0.15) is 0 Å². The molecular formula is C30H50O2. The summed E-state index contributed by atoms with van der Waals surface area (Å²) in [4.78, 5) is 0. The van der Waals surface area contributed by atoms with E-state index < -0.39 is 12.2 Å². The zero-order valence-electron chi connectivity index (χ0n) is 22.2. The van der Waals surface area contributed by atoms with Gasteiger partial charge >= 0.3 is 0 Å². The normalized spacial score (nSPS) is 59.2. The van der Waals surface area contributed by atoms with E-state index in [2.05, 4.69) is 61.5 Å². The summed E-state index contributed by atoms with van der Waals surface area (Å²) in [7, 11) is 0. The van der Waals surface area contributed by atoms with Crippen molar-refractivity contribution >= 4 is 0 Å². The summed E-state index contributed by atoms with van der Waals surface area (Å²) in [5.41, 5.74) is 2.71. The van der Waals surface area contributed by atoms with Crippen LogP contribution in [-0.4, -0.2) is 22.4 Å². The van der Waals surface area contributed by atoms with E-state index in [1.54, 1.807) is 0 Å². The molecule has 2 heteroatoms. The molecule has 11 unspecified atom stereocenters. The topological polar surface area (TPSA) is 40.5 Å². The van der Waals surface area contributed by atoms with Gasteiger partial charge in [-0.3, -0.25) is 0 Å². The Morgan fingerprint density at radius 1 is 0.844 bits per heavy atom. The number of fused-ring (bicyclic) bond motifs is 7. The molecule has 182 valence electrons. The van der Waals surface area contributed by atoms with Crippen LogP contribution in [-0.2, 0) is 0 Å². The van der Waals surface area contributed by atoms with E-state index in [1.807, 2.05) is 5.57 Å². The van der Waals surface area contributed by atoms with Crippen LogP contribution in [0.15, 0.2) is 11.6 Å². The number of hydrogen-bond acceptors (Lipinski definition) is 2. The first kappa shape index (κ1) is 23.4. The van der Waals surface area contributed by atoms with Crippen LogP contribution < -0.4 is 0 Å². The van der Waals surface area contributed by atoms with Crippen molar-refractivity contribution in [3.8, 4) is 0 Å². The van der Waals surface area contributed by atoms with Crippen molar-refractivity contribution in [2.24, 2.45) is 56.7 Å². The van der Waals surface area contributed by atoms with Crippen molar-refractivity contribution in [2.75, 3.05) is 0 Å². The third kappa shape index (κ3) is 2.66. The molecule has 2 N–H and O–H groups in total. The standard InChI is InChI=1S/C30H50O2/c1-18-11-13-27(5)15-16-29(7)20(24(27)19(18)2)9-10-23-28(6)17-21(31)25(32)26(3,4)22(28)12-14-30(23,29)8/h9,18-19,21-25,31-32H,10-17H2,1-8H3. The van der Waals surface area contributed by atoms with Crippen LogP contribution in [0.4, 0.5) is 0 Å². The van der Waals surface area contributed by atoms with Gasteiger partial charge in [-0.05, 0) is 108 Å². The van der Waals surface area contributed by atoms with Crippen molar-refractivity contribution in [1.82, 2.24) is 0 Å². The van der Waals surface area contributed by atoms with Crippen LogP contribution in [0.25, 0.3) is 0 Å². The number of allylic oxidation sites excluding steroid dienone is 2. The van der Waals surface area contributed by atoms with Crippen molar-refractivity contribution in [3.05, 3.63) is 11.6 Å². The summed E-state index contributed by atoms with van der Waals surface area (Å²) in [6, 6.07) is 0. The first-order chi connectivity index (χ1) is 14.7. The van der Waals surface area contributed by atoms with Crippen molar-refractivity contribution in [3.63, 3.8) is 0 Å². The Morgan fingerprint density at radius 3 is 2.22 bits per heavy atom. The molecule has 0 aromatic carbocycles. The van der Waals surface area contributed by atoms with E-state index in [-0.39, 0.29) is 21.7 Å². The first-order valence-corrected chi connectivity index (χ1v) is 13.8. The van der Waals surface area contributed by atoms with Gasteiger partial charge in [0.05, 0.1) is 12.2 Å². The van der Waals surface area contributed by atoms with Gasteiger partial charge in [-0.25, -0.2) is 0 Å². The minimum absolute atomic E-state index is 0.0897. The van der Waals surface area contributed by atoms with Crippen LogP contribution in [0.2, 0.25) is 0 Å². The fourth-order valence-electron chi connectivity index (χ4n) is 11.0. The van der Waals surface area contributed by atoms with Gasteiger partial charge in [0, 0.05) is 0 Å². The van der Waals surface area contributed by atoms with Gasteiger partial charge < -0.3 is 10.2 Å². The Morgan fingerprint density at radius 2 is 1.53 bits per heavy atom. The van der Waals surface area contributed by atoms with Gasteiger partial charge in [0.25, 0.3) is 0 Å². The quantitative estimate of drug-likeness (QED) is 0.397. The highest BCUT2D eigenvalue weighted by Gasteiger charge is 2.68. The molecule has 11 atom stereocenters. The fourth-order valence-corrected chi connectivity index (χ4v) is 11.0. The van der Waals surface area contributed by atoms with E-state index in [1.165, 1.54) is 44.9 Å². The Kier molecular flexibility index (Phi) is 5.02. The Hall–Kier alpha value is -0.340. The summed E-state index contributed by atoms with van der Waals surface area (Å²) >= 11 is 0. The minimum Gasteiger partial charge on any atom is -0.390 e. The summed E-state index contributed by atoms with van der Waals surface area (Å²) in [5, 5.41) is 21.9. The average molecular weight is 443 g/mol. The van der Waals surface area contributed by atoms with E-state index in [4.69, 9.17) is 0 Å². The van der Waals surface area contributed by atoms with E-state index >= 15 is 0 Å². The predicted molar refractivity (Wildman–Crippen MR) is 132 cm³/mol. The monoisotopic (exact) mass is 442 g/mol. The van der Waals surface area contributed by atoms with Gasteiger partial charge in [-0.15, -0.1) is 0 Å². The lowest BCUT2D eigenvalue weighted by molar-refractivity contribution is -0.231. The third-order valence-corrected chi connectivity index (χ3v) is 13.3. The molecule has 5 aliphatic carbocycles. The highest BCUT2D eigenvalue weighted by atomic mass is 16.3. The first-order valence-electron chi connectivity index (χ1n) is 13.8. The molecule has 0 saturated heterocycles. The Labute approximate surface area is 197 Å². The van der Waals surface area contributed by atoms with Crippen molar-refractivity contribution in [1.29, 1.82) is 0 Å². The van der Waals surface area contributed by atoms with Crippen molar-refractivity contribution in [2.45, 2.75) is 119 Å². The summed E-state index contributed by atoms with van der Waals surface area (Å²) in [5.74, 6) is 3.41. The molecule has 0 heterocycles. The number of hydrogen-bond donors (Lipinski definition) is 2. The molecule has 5 aliphatic rings. The van der Waals surface area contributed by atoms with Crippen LogP contribution >= 0.6 is 0 Å². The van der Waals surface area contributed by atoms with Crippen LogP contribution in [0.1, 0.15) is 107 Å². The summed E-state index contributed by atoms with van der Waals surface area (Å²) in [6.07, 6.45) is 11.4. The Balaban J connectivity index is 1.60. The van der Waals surface area contributed by atoms with E-state index in [0.29, 0.717) is 17.3 Å². The number of aliphatic hydroxyl groups is 2. The van der Waals surface area contributed by atoms with Gasteiger partial charge in [-0.1, -0.05) is 67.0 Å². The second kappa shape index (κ2) is 6.87. The second-order valence-corrected chi connectivity index (χ2v) is 14.8. The molecule has 5 rings (SSSR count). The maximum atomic E-state index is 11.0. The molecule has 32 heavy (non-hydrogen) atoms. The smallest absolute Gasteiger partial charge is 0.0852 e. The molecule has 0 aromatic rings. The average Bonchev–Trinajstić information content (AvgIpc) is 2.70. The lowest BCUT2D eigenvalue weighted by Gasteiger charge is -2.71. The number of aliphatic hydroxyl groups excluding tert-OH is 2. The lowest BCUT2D eigenvalue weighted by atomic mass is 9.33. The lowest BCUT2D eigenvalue weighted by Crippen LogP contribution is -2.66. The van der Waals surface area contributed by atoms with Gasteiger partial charge in [0.15, 0.2) is 0 Å². The highest BCUT2D eigenvalue weighted by Crippen LogP contribution is 2.75. The minimum atomic E-state index is -0.602. The van der Waals surface area contributed by atoms with Gasteiger partial charge in [-0.2, -0.15) is 0 Å². The maximum absolute atomic E-state index is 11.0. The Bertz CT molecular complexity index is 814. The second-order valence-electron chi connectivity index (χ2n) is 14.8. The SMILES string of the molecule is CC1CCC2(C)CCC3(C)C(=CCC4C5(C)CC(O)C(O)C(C)(C)C5CCC43C)C2C1C. The maximum Gasteiger partial charge on any atom is 0.0852 e. The molecule has 0 spiro atoms. The van der Waals surface area contributed by atoms with E-state index in [9.17, 15) is 10.2 Å². The molecule has 0 bridgehead atoms. The van der Waals surface area contributed by atoms with Crippen LogP contribution in [0, 0.1) is 56.7 Å². The molecule has 0 aliphatic heterocycles. The van der Waals surface area contributed by atoms with Crippen molar-refractivity contribution < 1.29 is 10.2 Å². The fraction of sp³-hybridized carbons (Fsp3) is 0.933. The zero-order valence-corrected chi connectivity index (χ0v) is 22.2. The van der Waals surface area contributed by atoms with Crippen LogP contribution in [0.3, 0.4) is 0 Å². The molecule has 2 nitrogen and oxygen atoms in total. The number of rotatable bonds is 0. The molecule has 4 saturated carbocycles. The summed E-state index contributed by atoms with van der Waals surface area (Å²) in [6.45, 7) is 19.8. The molecule has 4 fully saturated rings. The molecular weight excluding hydrogens is 392 g/mol. The van der Waals surface area contributed by atoms with Crippen LogP contribution in [0.5, 0.6) is 0 Å². The predicted octanol–water partition coefficient (Wildman–Crippen LogP) is 7.00. The van der Waals surface area contributed by atoms with Gasteiger partial charge in [0.2, 0.25) is 0 Å². The highest BCUT2D eigenvalue weighted by molar-refractivity contribution is 5.34. The molecule has 0 amide bonds. The third-order valence-electron chi connectivity index (χ3n) is 13.3. The largest absolute Gasteiger partial charge is 0.390 e. The summed E-state index contributed by atoms with van der Waals surface area (Å²) < 4.78 is 0. The molecule has 0 aromatic heterocycles.